The second-order valence-electron chi connectivity index (χ2n) is 5.50. The first-order chi connectivity index (χ1) is 12.1. The highest BCUT2D eigenvalue weighted by atomic mass is 16.6. The Kier molecular flexibility index (Phi) is 4.94. The molecule has 1 amide bonds. The number of fused-ring (bicyclic) bond motifs is 1. The van der Waals surface area contributed by atoms with Gasteiger partial charge in [0.25, 0.3) is 11.6 Å². The summed E-state index contributed by atoms with van der Waals surface area (Å²) >= 11 is 0. The molecule has 3 rings (SSSR count). The van der Waals surface area contributed by atoms with Gasteiger partial charge >= 0.3 is 0 Å². The second-order valence-corrected chi connectivity index (χ2v) is 5.50. The molecule has 7 heteroatoms. The lowest BCUT2D eigenvalue weighted by molar-refractivity contribution is -0.384. The van der Waals surface area contributed by atoms with Gasteiger partial charge in [0.1, 0.15) is 5.75 Å². The lowest BCUT2D eigenvalue weighted by Gasteiger charge is -2.07. The van der Waals surface area contributed by atoms with Crippen molar-refractivity contribution in [2.24, 2.45) is 0 Å². The van der Waals surface area contributed by atoms with E-state index in [4.69, 9.17) is 4.74 Å². The molecular weight excluding hydrogens is 322 g/mol. The van der Waals surface area contributed by atoms with Crippen LogP contribution in [0.2, 0.25) is 0 Å². The second kappa shape index (κ2) is 7.48. The summed E-state index contributed by atoms with van der Waals surface area (Å²) in [6.07, 6.45) is 2.64. The largest absolute Gasteiger partial charge is 0.484 e. The van der Waals surface area contributed by atoms with E-state index in [1.807, 2.05) is 30.5 Å². The highest BCUT2D eigenvalue weighted by Gasteiger charge is 2.08. The fourth-order valence-electron chi connectivity index (χ4n) is 2.56. The van der Waals surface area contributed by atoms with Crippen LogP contribution in [0, 0.1) is 10.1 Å². The smallest absolute Gasteiger partial charge is 0.273 e. The van der Waals surface area contributed by atoms with Crippen molar-refractivity contribution in [3.8, 4) is 5.75 Å². The molecule has 3 aromatic rings. The Hall–Kier alpha value is -3.35. The molecule has 1 heterocycles. The molecular formula is C18H17N3O4. The number of rotatable bonds is 7. The third-order valence-electron chi connectivity index (χ3n) is 3.79. The number of hydrogen-bond donors (Lipinski definition) is 2. The van der Waals surface area contributed by atoms with E-state index in [2.05, 4.69) is 10.3 Å². The van der Waals surface area contributed by atoms with E-state index in [1.165, 1.54) is 18.2 Å². The molecule has 25 heavy (non-hydrogen) atoms. The molecule has 128 valence electrons. The summed E-state index contributed by atoms with van der Waals surface area (Å²) in [6.45, 7) is 0.300. The van der Waals surface area contributed by atoms with E-state index < -0.39 is 4.92 Å². The molecule has 2 aromatic carbocycles. The highest BCUT2D eigenvalue weighted by molar-refractivity contribution is 5.83. The molecule has 1 aromatic heterocycles. The van der Waals surface area contributed by atoms with Gasteiger partial charge in [-0.2, -0.15) is 0 Å². The van der Waals surface area contributed by atoms with Crippen molar-refractivity contribution in [3.05, 3.63) is 70.4 Å². The van der Waals surface area contributed by atoms with Gasteiger partial charge < -0.3 is 15.0 Å². The summed E-state index contributed by atoms with van der Waals surface area (Å²) in [4.78, 5) is 25.2. The quantitative estimate of drug-likeness (QED) is 0.511. The predicted octanol–water partition coefficient (Wildman–Crippen LogP) is 2.81. The van der Waals surface area contributed by atoms with Crippen LogP contribution >= 0.6 is 0 Å². The molecule has 2 N–H and O–H groups in total. The van der Waals surface area contributed by atoms with E-state index in [1.54, 1.807) is 6.07 Å². The van der Waals surface area contributed by atoms with Crippen molar-refractivity contribution >= 4 is 22.5 Å². The van der Waals surface area contributed by atoms with Crippen LogP contribution in [-0.4, -0.2) is 29.0 Å². The number of aromatic nitrogens is 1. The summed E-state index contributed by atoms with van der Waals surface area (Å²) in [6, 6.07) is 13.7. The standard InChI is InChI=1S/C18H17N3O4/c22-18(12-25-15-5-3-4-14(10-15)21(23)24)19-9-8-13-11-20-17-7-2-1-6-16(13)17/h1-7,10-11,20H,8-9,12H2,(H,19,22). The highest BCUT2D eigenvalue weighted by Crippen LogP contribution is 2.19. The minimum atomic E-state index is -0.506. The Morgan fingerprint density at radius 3 is 2.88 bits per heavy atom. The van der Waals surface area contributed by atoms with Crippen LogP contribution in [0.15, 0.2) is 54.7 Å². The third kappa shape index (κ3) is 4.14. The molecule has 0 radical (unpaired) electrons. The number of non-ortho nitro benzene ring substituents is 1. The maximum Gasteiger partial charge on any atom is 0.273 e. The van der Waals surface area contributed by atoms with Gasteiger partial charge in [0.05, 0.1) is 11.0 Å². The minimum Gasteiger partial charge on any atom is -0.484 e. The zero-order valence-corrected chi connectivity index (χ0v) is 13.4. The van der Waals surface area contributed by atoms with Crippen LogP contribution in [0.3, 0.4) is 0 Å². The van der Waals surface area contributed by atoms with Gasteiger partial charge in [0.15, 0.2) is 6.61 Å². The number of nitrogens with zero attached hydrogens (tertiary/aromatic N) is 1. The van der Waals surface area contributed by atoms with E-state index >= 15 is 0 Å². The summed E-state index contributed by atoms with van der Waals surface area (Å²) in [5.74, 6) is 0.0207. The molecule has 0 atom stereocenters. The van der Waals surface area contributed by atoms with Gasteiger partial charge in [0, 0.05) is 29.7 Å². The number of carbonyl (C=O) groups is 1. The van der Waals surface area contributed by atoms with Crippen LogP contribution in [0.4, 0.5) is 5.69 Å². The molecule has 0 saturated heterocycles. The Morgan fingerprint density at radius 1 is 1.20 bits per heavy atom. The predicted molar refractivity (Wildman–Crippen MR) is 93.6 cm³/mol. The SMILES string of the molecule is O=C(COc1cccc([N+](=O)[O-])c1)NCCc1c[nH]c2ccccc12. The minimum absolute atomic E-state index is 0.0720. The molecule has 0 aliphatic heterocycles. The number of nitro benzene ring substituents is 1. The van der Waals surface area contributed by atoms with Crippen LogP contribution in [0.5, 0.6) is 5.75 Å². The Balaban J connectivity index is 1.47. The molecule has 0 aliphatic carbocycles. The number of nitro groups is 1. The number of aromatic amines is 1. The number of benzene rings is 2. The first kappa shape index (κ1) is 16.5. The molecule has 0 spiro atoms. The molecule has 0 aliphatic rings. The average Bonchev–Trinajstić information content (AvgIpc) is 3.03. The van der Waals surface area contributed by atoms with Crippen molar-refractivity contribution in [2.75, 3.05) is 13.2 Å². The van der Waals surface area contributed by atoms with Gasteiger partial charge in [-0.25, -0.2) is 0 Å². The van der Waals surface area contributed by atoms with Crippen LogP contribution in [-0.2, 0) is 11.2 Å². The first-order valence-corrected chi connectivity index (χ1v) is 7.82. The van der Waals surface area contributed by atoms with Crippen LogP contribution in [0.1, 0.15) is 5.56 Å². The molecule has 7 nitrogen and oxygen atoms in total. The molecule has 0 unspecified atom stereocenters. The van der Waals surface area contributed by atoms with Crippen LogP contribution < -0.4 is 10.1 Å². The zero-order chi connectivity index (χ0) is 17.6. The Morgan fingerprint density at radius 2 is 2.04 bits per heavy atom. The zero-order valence-electron chi connectivity index (χ0n) is 13.4. The number of ether oxygens (including phenoxy) is 1. The normalized spacial score (nSPS) is 10.6. The fraction of sp³-hybridized carbons (Fsp3) is 0.167. The number of nitrogens with one attached hydrogen (secondary N) is 2. The molecule has 0 bridgehead atoms. The van der Waals surface area contributed by atoms with Crippen molar-refractivity contribution in [2.45, 2.75) is 6.42 Å². The van der Waals surface area contributed by atoms with Crippen molar-refractivity contribution in [1.82, 2.24) is 10.3 Å². The topological polar surface area (TPSA) is 97.3 Å². The summed E-state index contributed by atoms with van der Waals surface area (Å²) in [7, 11) is 0. The average molecular weight is 339 g/mol. The van der Waals surface area contributed by atoms with Gasteiger partial charge in [-0.1, -0.05) is 24.3 Å². The van der Waals surface area contributed by atoms with Crippen molar-refractivity contribution in [3.63, 3.8) is 0 Å². The number of H-pyrrole nitrogens is 1. The first-order valence-electron chi connectivity index (χ1n) is 7.82. The Labute approximate surface area is 143 Å². The van der Waals surface area contributed by atoms with Crippen molar-refractivity contribution < 1.29 is 14.5 Å². The molecule has 0 fully saturated rings. The van der Waals surface area contributed by atoms with Crippen molar-refractivity contribution in [1.29, 1.82) is 0 Å². The van der Waals surface area contributed by atoms with Crippen LogP contribution in [0.25, 0.3) is 10.9 Å². The van der Waals surface area contributed by atoms with Gasteiger partial charge in [0.2, 0.25) is 0 Å². The fourth-order valence-corrected chi connectivity index (χ4v) is 2.56. The number of hydrogen-bond acceptors (Lipinski definition) is 4. The summed E-state index contributed by atoms with van der Waals surface area (Å²) < 4.78 is 5.29. The number of amides is 1. The maximum atomic E-state index is 11.8. The third-order valence-corrected chi connectivity index (χ3v) is 3.79. The van der Waals surface area contributed by atoms with E-state index in [0.29, 0.717) is 18.7 Å². The summed E-state index contributed by atoms with van der Waals surface area (Å²) in [5, 5.41) is 14.6. The van der Waals surface area contributed by atoms with Gasteiger partial charge in [-0.15, -0.1) is 0 Å². The molecule has 0 saturated carbocycles. The van der Waals surface area contributed by atoms with Gasteiger partial charge in [-0.05, 0) is 24.1 Å². The van der Waals surface area contributed by atoms with E-state index in [9.17, 15) is 14.9 Å². The van der Waals surface area contributed by atoms with Gasteiger partial charge in [-0.3, -0.25) is 14.9 Å². The van der Waals surface area contributed by atoms with E-state index in [0.717, 1.165) is 16.5 Å². The lowest BCUT2D eigenvalue weighted by atomic mass is 10.1. The maximum absolute atomic E-state index is 11.8. The number of carbonyl (C=O) groups excluding carboxylic acids is 1. The Bertz CT molecular complexity index is 904. The lowest BCUT2D eigenvalue weighted by Crippen LogP contribution is -2.30. The number of para-hydroxylation sites is 1. The summed E-state index contributed by atoms with van der Waals surface area (Å²) in [5.41, 5.74) is 2.13. The van der Waals surface area contributed by atoms with E-state index in [-0.39, 0.29) is 18.2 Å². The monoisotopic (exact) mass is 339 g/mol.